The summed E-state index contributed by atoms with van der Waals surface area (Å²) in [6.07, 6.45) is 0. The van der Waals surface area contributed by atoms with Crippen LogP contribution in [0.25, 0.3) is 66.1 Å². The Kier molecular flexibility index (Phi) is 3.73. The van der Waals surface area contributed by atoms with Crippen molar-refractivity contribution in [3.05, 3.63) is 119 Å². The van der Waals surface area contributed by atoms with E-state index in [0.717, 1.165) is 0 Å². The van der Waals surface area contributed by atoms with Gasteiger partial charge in [0.15, 0.2) is 0 Å². The molecule has 0 aromatic heterocycles. The summed E-state index contributed by atoms with van der Waals surface area (Å²) in [6, 6.07) is 34.9. The van der Waals surface area contributed by atoms with E-state index in [1.54, 1.807) is 0 Å². The van der Waals surface area contributed by atoms with Gasteiger partial charge in [0.05, 0.1) is 0 Å². The van der Waals surface area contributed by atoms with Crippen molar-refractivity contribution >= 4 is 21.5 Å². The Morgan fingerprint density at radius 1 is 0.410 bits per heavy atom. The summed E-state index contributed by atoms with van der Waals surface area (Å²) in [4.78, 5) is 0. The lowest BCUT2D eigenvalue weighted by molar-refractivity contribution is 0.652. The van der Waals surface area contributed by atoms with Crippen molar-refractivity contribution in [2.45, 2.75) is 45.4 Å². The Bertz CT molecular complexity index is 2120. The molecular formula is C39H30. The third-order valence-electron chi connectivity index (χ3n) is 10.3. The molecule has 0 saturated heterocycles. The number of hydrogen-bond donors (Lipinski definition) is 0. The average Bonchev–Trinajstić information content (AvgIpc) is 3.47. The van der Waals surface area contributed by atoms with Crippen LogP contribution in [0, 0.1) is 6.92 Å². The van der Waals surface area contributed by atoms with Crippen LogP contribution in [-0.2, 0) is 10.8 Å². The van der Waals surface area contributed by atoms with Gasteiger partial charge in [0.1, 0.15) is 0 Å². The highest BCUT2D eigenvalue weighted by atomic mass is 14.5. The Labute approximate surface area is 230 Å². The normalized spacial score (nSPS) is 16.2. The van der Waals surface area contributed by atoms with Gasteiger partial charge in [-0.1, -0.05) is 100 Å². The maximum Gasteiger partial charge on any atom is 0.0159 e. The van der Waals surface area contributed by atoms with Crippen LogP contribution in [0.3, 0.4) is 0 Å². The van der Waals surface area contributed by atoms with Gasteiger partial charge in [-0.25, -0.2) is 0 Å². The van der Waals surface area contributed by atoms with Gasteiger partial charge in [-0.05, 0) is 119 Å². The average molecular weight is 499 g/mol. The molecule has 0 unspecified atom stereocenters. The van der Waals surface area contributed by atoms with E-state index in [9.17, 15) is 0 Å². The van der Waals surface area contributed by atoms with Crippen LogP contribution in [0.15, 0.2) is 91.0 Å². The van der Waals surface area contributed by atoms with E-state index in [4.69, 9.17) is 0 Å². The molecule has 3 aliphatic carbocycles. The van der Waals surface area contributed by atoms with E-state index in [1.807, 2.05) is 0 Å². The Balaban J connectivity index is 1.40. The quantitative estimate of drug-likeness (QED) is 0.195. The first kappa shape index (κ1) is 21.7. The van der Waals surface area contributed by atoms with Crippen molar-refractivity contribution in [2.24, 2.45) is 0 Å². The molecule has 0 N–H and O–H groups in total. The molecule has 0 radical (unpaired) electrons. The van der Waals surface area contributed by atoms with Crippen LogP contribution in [0.4, 0.5) is 0 Å². The molecular weight excluding hydrogens is 468 g/mol. The topological polar surface area (TPSA) is 0 Å². The first-order valence-electron chi connectivity index (χ1n) is 14.2. The molecule has 0 saturated carbocycles. The lowest BCUT2D eigenvalue weighted by atomic mass is 9.79. The number of rotatable bonds is 0. The summed E-state index contributed by atoms with van der Waals surface area (Å²) < 4.78 is 0. The fraction of sp³-hybridized carbons (Fsp3) is 0.179. The molecule has 39 heavy (non-hydrogen) atoms. The van der Waals surface area contributed by atoms with Crippen molar-refractivity contribution in [3.8, 4) is 44.5 Å². The highest BCUT2D eigenvalue weighted by molar-refractivity contribution is 6.20. The minimum absolute atomic E-state index is 0.0491. The van der Waals surface area contributed by atoms with Gasteiger partial charge in [-0.15, -0.1) is 0 Å². The van der Waals surface area contributed by atoms with Crippen molar-refractivity contribution in [2.75, 3.05) is 0 Å². The van der Waals surface area contributed by atoms with Gasteiger partial charge < -0.3 is 0 Å². The maximum atomic E-state index is 2.57. The van der Waals surface area contributed by atoms with Crippen molar-refractivity contribution in [3.63, 3.8) is 0 Å². The maximum absolute atomic E-state index is 2.57. The fourth-order valence-electron chi connectivity index (χ4n) is 8.33. The lowest BCUT2D eigenvalue weighted by Gasteiger charge is -2.24. The SMILES string of the molecule is Cc1cc2c(c3ccccc13)-c1cc3c(cc1C2(C)C)-c1c(cc2c4c(cccc14)-c1ccccc1-2)C3(C)C. The van der Waals surface area contributed by atoms with E-state index in [0.29, 0.717) is 0 Å². The van der Waals surface area contributed by atoms with E-state index < -0.39 is 0 Å². The molecule has 0 atom stereocenters. The van der Waals surface area contributed by atoms with Gasteiger partial charge in [-0.3, -0.25) is 0 Å². The largest absolute Gasteiger partial charge is 0.0616 e. The van der Waals surface area contributed by atoms with Crippen LogP contribution >= 0.6 is 0 Å². The second-order valence-electron chi connectivity index (χ2n) is 13.0. The molecule has 186 valence electrons. The lowest BCUT2D eigenvalue weighted by Crippen LogP contribution is -2.17. The minimum Gasteiger partial charge on any atom is -0.0616 e. The van der Waals surface area contributed by atoms with Crippen LogP contribution in [0.1, 0.15) is 55.5 Å². The molecule has 9 rings (SSSR count). The molecule has 6 aromatic carbocycles. The zero-order chi connectivity index (χ0) is 26.4. The number of fused-ring (bicyclic) bond motifs is 12. The predicted molar refractivity (Wildman–Crippen MR) is 166 cm³/mol. The third kappa shape index (κ3) is 2.39. The van der Waals surface area contributed by atoms with E-state index in [2.05, 4.69) is 126 Å². The summed E-state index contributed by atoms with van der Waals surface area (Å²) in [5.41, 5.74) is 18.3. The zero-order valence-electron chi connectivity index (χ0n) is 23.2. The van der Waals surface area contributed by atoms with Gasteiger partial charge in [-0.2, -0.15) is 0 Å². The first-order chi connectivity index (χ1) is 18.8. The highest BCUT2D eigenvalue weighted by Crippen LogP contribution is 2.60. The molecule has 0 nitrogen and oxygen atoms in total. The van der Waals surface area contributed by atoms with Gasteiger partial charge >= 0.3 is 0 Å². The number of aryl methyl sites for hydroxylation is 1. The van der Waals surface area contributed by atoms with Crippen molar-refractivity contribution < 1.29 is 0 Å². The molecule has 0 fully saturated rings. The van der Waals surface area contributed by atoms with Crippen LogP contribution in [-0.4, -0.2) is 0 Å². The Hall–Kier alpha value is -4.16. The van der Waals surface area contributed by atoms with E-state index >= 15 is 0 Å². The van der Waals surface area contributed by atoms with Crippen LogP contribution in [0.2, 0.25) is 0 Å². The van der Waals surface area contributed by atoms with Crippen molar-refractivity contribution in [1.82, 2.24) is 0 Å². The van der Waals surface area contributed by atoms with E-state index in [-0.39, 0.29) is 10.8 Å². The predicted octanol–water partition coefficient (Wildman–Crippen LogP) is 10.6. The molecule has 0 heteroatoms. The first-order valence-corrected chi connectivity index (χ1v) is 14.2. The Morgan fingerprint density at radius 2 is 0.897 bits per heavy atom. The van der Waals surface area contributed by atoms with Crippen LogP contribution < -0.4 is 0 Å². The third-order valence-corrected chi connectivity index (χ3v) is 10.3. The zero-order valence-corrected chi connectivity index (χ0v) is 23.2. The van der Waals surface area contributed by atoms with E-state index in [1.165, 1.54) is 93.9 Å². The van der Waals surface area contributed by atoms with Gasteiger partial charge in [0.2, 0.25) is 0 Å². The molecule has 0 spiro atoms. The second-order valence-corrected chi connectivity index (χ2v) is 13.0. The molecule has 0 heterocycles. The summed E-state index contributed by atoms with van der Waals surface area (Å²) in [5, 5.41) is 5.58. The fourth-order valence-corrected chi connectivity index (χ4v) is 8.33. The molecule has 0 amide bonds. The summed E-state index contributed by atoms with van der Waals surface area (Å²) >= 11 is 0. The van der Waals surface area contributed by atoms with Gasteiger partial charge in [0.25, 0.3) is 0 Å². The molecule has 0 aliphatic heterocycles. The minimum atomic E-state index is -0.0781. The summed E-state index contributed by atoms with van der Waals surface area (Å²) in [6.45, 7) is 12.0. The highest BCUT2D eigenvalue weighted by Gasteiger charge is 2.43. The number of benzene rings is 6. The second kappa shape index (κ2) is 6.69. The number of hydrogen-bond acceptors (Lipinski definition) is 0. The standard InChI is InChI=1S/C39H30/c1-21-17-33-36(25-14-9-6-11-22(21)25)29-19-32-30(20-31(29)38(33,2)3)37-27-16-10-15-26-23-12-7-8-13-24(23)28(35(26)27)18-34(37)39(32,4)5/h6-20H,1-5H3. The monoisotopic (exact) mass is 498 g/mol. The molecule has 6 aromatic rings. The van der Waals surface area contributed by atoms with Gasteiger partial charge in [0, 0.05) is 10.8 Å². The summed E-state index contributed by atoms with van der Waals surface area (Å²) in [5.74, 6) is 0. The molecule has 3 aliphatic rings. The molecule has 0 bridgehead atoms. The van der Waals surface area contributed by atoms with Crippen LogP contribution in [0.5, 0.6) is 0 Å². The van der Waals surface area contributed by atoms with Crippen molar-refractivity contribution in [1.29, 1.82) is 0 Å². The summed E-state index contributed by atoms with van der Waals surface area (Å²) in [7, 11) is 0. The Morgan fingerprint density at radius 3 is 1.59 bits per heavy atom. The smallest absolute Gasteiger partial charge is 0.0159 e.